The summed E-state index contributed by atoms with van der Waals surface area (Å²) in [4.78, 5) is 17.9. The van der Waals surface area contributed by atoms with Gasteiger partial charge in [0.2, 0.25) is 11.7 Å². The van der Waals surface area contributed by atoms with Crippen molar-refractivity contribution in [2.45, 2.75) is 19.4 Å². The van der Waals surface area contributed by atoms with Crippen molar-refractivity contribution in [1.29, 1.82) is 0 Å². The molecule has 0 saturated heterocycles. The predicted molar refractivity (Wildman–Crippen MR) is 97.0 cm³/mol. The van der Waals surface area contributed by atoms with Crippen molar-refractivity contribution in [2.24, 2.45) is 0 Å². The summed E-state index contributed by atoms with van der Waals surface area (Å²) in [6, 6.07) is 9.89. The van der Waals surface area contributed by atoms with E-state index < -0.39 is 6.04 Å². The van der Waals surface area contributed by atoms with Crippen LogP contribution in [0.3, 0.4) is 0 Å². The number of hydrogen-bond acceptors (Lipinski definition) is 6. The smallest absolute Gasteiger partial charge is 0.251 e. The first-order valence-corrected chi connectivity index (χ1v) is 8.35. The molecule has 1 amide bonds. The van der Waals surface area contributed by atoms with Crippen LogP contribution in [0, 0.1) is 0 Å². The number of methoxy groups -OCH3 is 1. The maximum atomic E-state index is 12.6. The minimum Gasteiger partial charge on any atom is -0.481 e. The van der Waals surface area contributed by atoms with E-state index in [9.17, 15) is 4.79 Å². The van der Waals surface area contributed by atoms with Crippen LogP contribution in [0.1, 0.15) is 19.4 Å². The molecule has 8 nitrogen and oxygen atoms in total. The number of carbonyl (C=O) groups is 1. The number of hydrogen-bond donors (Lipinski definition) is 1. The number of benzene rings is 1. The molecule has 3 aromatic rings. The summed E-state index contributed by atoms with van der Waals surface area (Å²) in [5, 5.41) is 15.8. The number of ether oxygens (including phenoxy) is 1. The van der Waals surface area contributed by atoms with Gasteiger partial charge in [-0.05, 0) is 42.0 Å². The minimum absolute atomic E-state index is 0.250. The third kappa shape index (κ3) is 3.97. The fraction of sp³-hybridized carbons (Fsp3) is 0.235. The first-order chi connectivity index (χ1) is 12.6. The van der Waals surface area contributed by atoms with E-state index in [-0.39, 0.29) is 5.91 Å². The van der Waals surface area contributed by atoms with E-state index in [1.54, 1.807) is 36.4 Å². The first-order valence-electron chi connectivity index (χ1n) is 7.97. The number of carbonyl (C=O) groups excluding carboxylic acids is 1. The Balaban J connectivity index is 1.75. The number of anilines is 1. The molecular formula is C17H17ClN6O2. The van der Waals surface area contributed by atoms with Gasteiger partial charge in [-0.1, -0.05) is 18.5 Å². The molecular weight excluding hydrogens is 356 g/mol. The lowest BCUT2D eigenvalue weighted by Gasteiger charge is -2.13. The number of rotatable bonds is 6. The van der Waals surface area contributed by atoms with Gasteiger partial charge in [-0.25, -0.2) is 4.98 Å². The van der Waals surface area contributed by atoms with E-state index in [0.29, 0.717) is 28.8 Å². The van der Waals surface area contributed by atoms with Crippen LogP contribution in [0.15, 0.2) is 42.6 Å². The lowest BCUT2D eigenvalue weighted by molar-refractivity contribution is -0.120. The summed E-state index contributed by atoms with van der Waals surface area (Å²) in [6.07, 6.45) is 2.03. The highest BCUT2D eigenvalue weighted by molar-refractivity contribution is 6.30. The Labute approximate surface area is 155 Å². The third-order valence-electron chi connectivity index (χ3n) is 3.71. The standard InChI is InChI=1S/C17H17ClN6O2/c1-3-14(17(25)20-13-8-9-15(26-2)19-10-13)24-22-16(21-23-24)11-4-6-12(18)7-5-11/h4-10,14H,3H2,1-2H3,(H,20,25). The number of nitrogens with zero attached hydrogens (tertiary/aromatic N) is 5. The quantitative estimate of drug-likeness (QED) is 0.714. The number of amides is 1. The number of halogens is 1. The highest BCUT2D eigenvalue weighted by Crippen LogP contribution is 2.19. The zero-order valence-electron chi connectivity index (χ0n) is 14.3. The highest BCUT2D eigenvalue weighted by atomic mass is 35.5. The molecule has 2 aromatic heterocycles. The molecule has 1 N–H and O–H groups in total. The normalized spacial score (nSPS) is 11.8. The third-order valence-corrected chi connectivity index (χ3v) is 3.96. The van der Waals surface area contributed by atoms with Crippen molar-refractivity contribution in [2.75, 3.05) is 12.4 Å². The molecule has 0 bridgehead atoms. The van der Waals surface area contributed by atoms with E-state index in [0.717, 1.165) is 5.56 Å². The van der Waals surface area contributed by atoms with Crippen molar-refractivity contribution in [3.05, 3.63) is 47.6 Å². The molecule has 0 aliphatic rings. The second-order valence-electron chi connectivity index (χ2n) is 5.44. The van der Waals surface area contributed by atoms with E-state index in [4.69, 9.17) is 16.3 Å². The summed E-state index contributed by atoms with van der Waals surface area (Å²) >= 11 is 5.89. The Hall–Kier alpha value is -3.00. The predicted octanol–water partition coefficient (Wildman–Crippen LogP) is 2.99. The van der Waals surface area contributed by atoms with Crippen LogP contribution in [-0.2, 0) is 4.79 Å². The summed E-state index contributed by atoms with van der Waals surface area (Å²) < 4.78 is 5.00. The summed E-state index contributed by atoms with van der Waals surface area (Å²) in [6.45, 7) is 1.88. The molecule has 0 aliphatic heterocycles. The maximum Gasteiger partial charge on any atom is 0.251 e. The molecule has 0 fully saturated rings. The Kier molecular flexibility index (Phi) is 5.43. The first kappa shape index (κ1) is 17.8. The van der Waals surface area contributed by atoms with Crippen LogP contribution in [-0.4, -0.2) is 38.2 Å². The van der Waals surface area contributed by atoms with Gasteiger partial charge in [0.25, 0.3) is 5.91 Å². The summed E-state index contributed by atoms with van der Waals surface area (Å²) in [5.41, 5.74) is 1.34. The van der Waals surface area contributed by atoms with Gasteiger partial charge in [-0.15, -0.1) is 10.2 Å². The largest absolute Gasteiger partial charge is 0.481 e. The van der Waals surface area contributed by atoms with Gasteiger partial charge >= 0.3 is 0 Å². The van der Waals surface area contributed by atoms with Crippen molar-refractivity contribution >= 4 is 23.2 Å². The number of nitrogens with one attached hydrogen (secondary N) is 1. The summed E-state index contributed by atoms with van der Waals surface area (Å²) in [7, 11) is 1.53. The maximum absolute atomic E-state index is 12.6. The lowest BCUT2D eigenvalue weighted by Crippen LogP contribution is -2.27. The van der Waals surface area contributed by atoms with Crippen LogP contribution in [0.25, 0.3) is 11.4 Å². The van der Waals surface area contributed by atoms with Gasteiger partial charge in [0.1, 0.15) is 0 Å². The molecule has 1 atom stereocenters. The fourth-order valence-corrected chi connectivity index (χ4v) is 2.45. The lowest BCUT2D eigenvalue weighted by atomic mass is 10.2. The molecule has 0 radical (unpaired) electrons. The van der Waals surface area contributed by atoms with E-state index in [1.807, 2.05) is 6.92 Å². The van der Waals surface area contributed by atoms with Crippen LogP contribution >= 0.6 is 11.6 Å². The van der Waals surface area contributed by atoms with E-state index in [2.05, 4.69) is 25.7 Å². The molecule has 1 unspecified atom stereocenters. The molecule has 0 saturated carbocycles. The van der Waals surface area contributed by atoms with E-state index >= 15 is 0 Å². The van der Waals surface area contributed by atoms with Gasteiger partial charge < -0.3 is 10.1 Å². The van der Waals surface area contributed by atoms with Gasteiger partial charge in [-0.2, -0.15) is 4.80 Å². The number of pyridine rings is 1. The fourth-order valence-electron chi connectivity index (χ4n) is 2.33. The summed E-state index contributed by atoms with van der Waals surface area (Å²) in [5.74, 6) is 0.652. The van der Waals surface area contributed by atoms with Crippen LogP contribution < -0.4 is 10.1 Å². The average Bonchev–Trinajstić information content (AvgIpc) is 3.13. The second-order valence-corrected chi connectivity index (χ2v) is 5.88. The second kappa shape index (κ2) is 7.92. The topological polar surface area (TPSA) is 94.8 Å². The van der Waals surface area contributed by atoms with Gasteiger partial charge in [0, 0.05) is 16.7 Å². The SMILES string of the molecule is CCC(C(=O)Nc1ccc(OC)nc1)n1nnc(-c2ccc(Cl)cc2)n1. The molecule has 0 aliphatic carbocycles. The van der Waals surface area contributed by atoms with Gasteiger partial charge in [0.15, 0.2) is 6.04 Å². The molecule has 26 heavy (non-hydrogen) atoms. The Morgan fingerprint density at radius 2 is 2.04 bits per heavy atom. The van der Waals surface area contributed by atoms with Crippen molar-refractivity contribution in [3.63, 3.8) is 0 Å². The van der Waals surface area contributed by atoms with Gasteiger partial charge in [0.05, 0.1) is 19.0 Å². The van der Waals surface area contributed by atoms with Crippen LogP contribution in [0.5, 0.6) is 5.88 Å². The monoisotopic (exact) mass is 372 g/mol. The van der Waals surface area contributed by atoms with Crippen LogP contribution in [0.2, 0.25) is 5.02 Å². The van der Waals surface area contributed by atoms with E-state index in [1.165, 1.54) is 18.1 Å². The highest BCUT2D eigenvalue weighted by Gasteiger charge is 2.22. The number of aromatic nitrogens is 5. The van der Waals surface area contributed by atoms with Crippen molar-refractivity contribution in [1.82, 2.24) is 25.2 Å². The molecule has 134 valence electrons. The Morgan fingerprint density at radius 1 is 1.27 bits per heavy atom. The van der Waals surface area contributed by atoms with Crippen molar-refractivity contribution in [3.8, 4) is 17.3 Å². The van der Waals surface area contributed by atoms with Crippen molar-refractivity contribution < 1.29 is 9.53 Å². The molecule has 2 heterocycles. The Bertz CT molecular complexity index is 879. The zero-order valence-corrected chi connectivity index (χ0v) is 15.0. The minimum atomic E-state index is -0.592. The average molecular weight is 373 g/mol. The number of tetrazole rings is 1. The Morgan fingerprint density at radius 3 is 2.65 bits per heavy atom. The molecule has 3 rings (SSSR count). The van der Waals surface area contributed by atoms with Crippen LogP contribution in [0.4, 0.5) is 5.69 Å². The molecule has 9 heteroatoms. The van der Waals surface area contributed by atoms with Gasteiger partial charge in [-0.3, -0.25) is 4.79 Å². The zero-order chi connectivity index (χ0) is 18.5. The molecule has 1 aromatic carbocycles. The molecule has 0 spiro atoms.